The van der Waals surface area contributed by atoms with Gasteiger partial charge in [0.15, 0.2) is 0 Å². The molecule has 0 radical (unpaired) electrons. The molecule has 2 aromatic carbocycles. The molecule has 1 saturated carbocycles. The van der Waals surface area contributed by atoms with Crippen molar-refractivity contribution in [2.75, 3.05) is 13.2 Å². The molecule has 1 aromatic heterocycles. The molecule has 5 nitrogen and oxygen atoms in total. The van der Waals surface area contributed by atoms with Gasteiger partial charge in [0.05, 0.1) is 23.0 Å². The van der Waals surface area contributed by atoms with Crippen molar-refractivity contribution in [3.8, 4) is 22.4 Å². The third-order valence-corrected chi connectivity index (χ3v) is 7.05. The van der Waals surface area contributed by atoms with Crippen molar-refractivity contribution in [3.05, 3.63) is 65.1 Å². The van der Waals surface area contributed by atoms with Gasteiger partial charge in [-0.25, -0.2) is 9.18 Å². The highest BCUT2D eigenvalue weighted by Crippen LogP contribution is 2.38. The molecule has 0 saturated heterocycles. The van der Waals surface area contributed by atoms with E-state index in [-0.39, 0.29) is 11.6 Å². The van der Waals surface area contributed by atoms with Gasteiger partial charge in [-0.15, -0.1) is 0 Å². The fourth-order valence-corrected chi connectivity index (χ4v) is 5.16. The van der Waals surface area contributed by atoms with Gasteiger partial charge in [0, 0.05) is 17.7 Å². The Balaban J connectivity index is 1.63. The molecule has 0 unspecified atom stereocenters. The van der Waals surface area contributed by atoms with Crippen LogP contribution in [0.2, 0.25) is 5.02 Å². The van der Waals surface area contributed by atoms with E-state index in [1.54, 1.807) is 6.07 Å². The van der Waals surface area contributed by atoms with E-state index in [1.165, 1.54) is 6.07 Å². The van der Waals surface area contributed by atoms with Crippen molar-refractivity contribution in [1.29, 1.82) is 0 Å². The molecule has 1 fully saturated rings. The molecule has 4 rings (SSSR count). The zero-order valence-electron chi connectivity index (χ0n) is 20.1. The maximum atomic E-state index is 14.5. The molecule has 1 heterocycles. The summed E-state index contributed by atoms with van der Waals surface area (Å²) in [5.41, 5.74) is 4.87. The molecule has 186 valence electrons. The number of carbonyl (C=O) groups is 1. The van der Waals surface area contributed by atoms with Crippen LogP contribution in [0.15, 0.2) is 48.5 Å². The highest BCUT2D eigenvalue weighted by atomic mass is 35.5. The smallest absolute Gasteiger partial charge is 0.329 e. The lowest BCUT2D eigenvalue weighted by molar-refractivity contribution is -0.142. The van der Waals surface area contributed by atoms with Gasteiger partial charge in [-0.1, -0.05) is 61.3 Å². The quantitative estimate of drug-likeness (QED) is 0.331. The summed E-state index contributed by atoms with van der Waals surface area (Å²) in [4.78, 5) is 10.7. The highest BCUT2D eigenvalue weighted by molar-refractivity contribution is 6.30. The van der Waals surface area contributed by atoms with E-state index in [0.29, 0.717) is 18.4 Å². The van der Waals surface area contributed by atoms with E-state index in [1.807, 2.05) is 24.3 Å². The van der Waals surface area contributed by atoms with Crippen molar-refractivity contribution in [2.24, 2.45) is 11.8 Å². The molecular weight excluding hydrogens is 467 g/mol. The second kappa shape index (κ2) is 11.8. The van der Waals surface area contributed by atoms with Crippen molar-refractivity contribution in [3.63, 3.8) is 0 Å². The second-order valence-corrected chi connectivity index (χ2v) is 9.80. The number of aliphatic carboxylic acids is 1. The van der Waals surface area contributed by atoms with Crippen LogP contribution in [0.5, 0.6) is 0 Å². The summed E-state index contributed by atoms with van der Waals surface area (Å²) >= 11 is 6.00. The van der Waals surface area contributed by atoms with Crippen LogP contribution >= 0.6 is 11.6 Å². The van der Waals surface area contributed by atoms with Gasteiger partial charge in [-0.05, 0) is 61.6 Å². The van der Waals surface area contributed by atoms with Gasteiger partial charge in [-0.3, -0.25) is 4.68 Å². The fourth-order valence-electron chi connectivity index (χ4n) is 5.04. The van der Waals surface area contributed by atoms with Crippen molar-refractivity contribution in [2.45, 2.75) is 52.0 Å². The van der Waals surface area contributed by atoms with Crippen molar-refractivity contribution < 1.29 is 19.0 Å². The standard InChI is InChI=1S/C28H32ClFN2O3/c1-2-6-25-27(21-7-4-3-5-8-21)28(22-13-14-23(29)24(30)15-22)32(31-25)16-19-9-11-20(12-10-19)17-35-18-26(33)34/h3-5,7-8,13-15,19-20H,2,6,9-12,16-18H2,1H3,(H,33,34)/t19-,20-. The number of aryl methyl sites for hydroxylation is 1. The van der Waals surface area contributed by atoms with Gasteiger partial charge < -0.3 is 9.84 Å². The van der Waals surface area contributed by atoms with Crippen LogP contribution < -0.4 is 0 Å². The Morgan fingerprint density at radius 3 is 2.49 bits per heavy atom. The van der Waals surface area contributed by atoms with E-state index < -0.39 is 11.8 Å². The third kappa shape index (κ3) is 6.30. The molecule has 0 atom stereocenters. The number of benzene rings is 2. The molecule has 0 bridgehead atoms. The monoisotopic (exact) mass is 498 g/mol. The minimum atomic E-state index is -0.930. The summed E-state index contributed by atoms with van der Waals surface area (Å²) in [7, 11) is 0. The van der Waals surface area contributed by atoms with E-state index >= 15 is 0 Å². The zero-order valence-corrected chi connectivity index (χ0v) is 20.8. The molecule has 0 aliphatic heterocycles. The topological polar surface area (TPSA) is 64.4 Å². The largest absolute Gasteiger partial charge is 0.480 e. The summed E-state index contributed by atoms with van der Waals surface area (Å²) < 4.78 is 21.9. The number of hydrogen-bond donors (Lipinski definition) is 1. The van der Waals surface area contributed by atoms with Crippen molar-refractivity contribution in [1.82, 2.24) is 9.78 Å². The lowest BCUT2D eigenvalue weighted by atomic mass is 9.82. The minimum absolute atomic E-state index is 0.110. The first-order chi connectivity index (χ1) is 17.0. The number of ether oxygens (including phenoxy) is 1. The predicted octanol–water partition coefficient (Wildman–Crippen LogP) is 6.87. The maximum Gasteiger partial charge on any atom is 0.329 e. The SMILES string of the molecule is CCCc1nn(C[C@H]2CC[C@H](COCC(=O)O)CC2)c(-c2ccc(Cl)c(F)c2)c1-c1ccccc1. The van der Waals surface area contributed by atoms with Crippen LogP contribution in [0.25, 0.3) is 22.4 Å². The average Bonchev–Trinajstić information content (AvgIpc) is 3.20. The normalized spacial score (nSPS) is 18.0. The Bertz CT molecular complexity index is 1140. The summed E-state index contributed by atoms with van der Waals surface area (Å²) in [6.45, 7) is 3.15. The number of nitrogens with zero attached hydrogens (tertiary/aromatic N) is 2. The number of rotatable bonds is 10. The summed E-state index contributed by atoms with van der Waals surface area (Å²) in [5, 5.41) is 13.9. The first-order valence-corrected chi connectivity index (χ1v) is 12.7. The number of carboxylic acids is 1. The van der Waals surface area contributed by atoms with E-state index in [2.05, 4.69) is 23.7 Å². The Labute approximate surface area is 210 Å². The molecular formula is C28H32ClFN2O3. The molecule has 0 amide bonds. The Hall–Kier alpha value is -2.70. The Kier molecular flexibility index (Phi) is 8.58. The summed E-state index contributed by atoms with van der Waals surface area (Å²) in [6, 6.07) is 15.2. The number of halogens is 2. The first-order valence-electron chi connectivity index (χ1n) is 12.4. The predicted molar refractivity (Wildman–Crippen MR) is 136 cm³/mol. The van der Waals surface area contributed by atoms with Crippen LogP contribution in [0.1, 0.15) is 44.7 Å². The Morgan fingerprint density at radius 1 is 1.11 bits per heavy atom. The summed E-state index contributed by atoms with van der Waals surface area (Å²) in [5.74, 6) is -0.529. The average molecular weight is 499 g/mol. The van der Waals surface area contributed by atoms with Crippen LogP contribution in [0.4, 0.5) is 4.39 Å². The second-order valence-electron chi connectivity index (χ2n) is 9.39. The van der Waals surface area contributed by atoms with Crippen LogP contribution in [0.3, 0.4) is 0 Å². The lowest BCUT2D eigenvalue weighted by Crippen LogP contribution is -2.23. The van der Waals surface area contributed by atoms with E-state index in [9.17, 15) is 9.18 Å². The van der Waals surface area contributed by atoms with E-state index in [0.717, 1.165) is 73.1 Å². The molecule has 7 heteroatoms. The van der Waals surface area contributed by atoms with Crippen LogP contribution in [0, 0.1) is 17.7 Å². The van der Waals surface area contributed by atoms with Gasteiger partial charge in [-0.2, -0.15) is 5.10 Å². The minimum Gasteiger partial charge on any atom is -0.480 e. The molecule has 1 aliphatic carbocycles. The summed E-state index contributed by atoms with van der Waals surface area (Å²) in [6.07, 6.45) is 5.87. The number of aromatic nitrogens is 2. The molecule has 35 heavy (non-hydrogen) atoms. The molecule has 1 N–H and O–H groups in total. The highest BCUT2D eigenvalue weighted by Gasteiger charge is 2.26. The van der Waals surface area contributed by atoms with Gasteiger partial charge in [0.25, 0.3) is 0 Å². The number of hydrogen-bond acceptors (Lipinski definition) is 3. The zero-order chi connectivity index (χ0) is 24.8. The van der Waals surface area contributed by atoms with E-state index in [4.69, 9.17) is 26.5 Å². The molecule has 1 aliphatic rings. The lowest BCUT2D eigenvalue weighted by Gasteiger charge is -2.28. The number of carboxylic acid groups (broad SMARTS) is 1. The Morgan fingerprint density at radius 2 is 1.83 bits per heavy atom. The van der Waals surface area contributed by atoms with Crippen molar-refractivity contribution >= 4 is 17.6 Å². The first kappa shape index (κ1) is 25.4. The van der Waals surface area contributed by atoms with Crippen LogP contribution in [-0.4, -0.2) is 34.1 Å². The van der Waals surface area contributed by atoms with Crippen LogP contribution in [-0.2, 0) is 22.5 Å². The third-order valence-electron chi connectivity index (χ3n) is 6.74. The molecule has 3 aromatic rings. The van der Waals surface area contributed by atoms with Gasteiger partial charge in [0.1, 0.15) is 12.4 Å². The molecule has 0 spiro atoms. The van der Waals surface area contributed by atoms with Gasteiger partial charge >= 0.3 is 5.97 Å². The maximum absolute atomic E-state index is 14.5. The van der Waals surface area contributed by atoms with Gasteiger partial charge in [0.2, 0.25) is 0 Å². The fraction of sp³-hybridized carbons (Fsp3) is 0.429.